The molecule has 2 aromatic carbocycles. The SMILES string of the molecule is Cc1ccc2[nH]c3c(=O)n(/N=C\c4ccc5ccccc5n4)c(C)nc3c2c1. The van der Waals surface area contributed by atoms with Crippen LogP contribution in [0.2, 0.25) is 0 Å². The first-order valence-electron chi connectivity index (χ1n) is 9.02. The third-order valence-electron chi connectivity index (χ3n) is 4.84. The van der Waals surface area contributed by atoms with Crippen LogP contribution >= 0.6 is 0 Å². The van der Waals surface area contributed by atoms with Gasteiger partial charge in [-0.1, -0.05) is 35.9 Å². The molecule has 3 heterocycles. The average molecular weight is 367 g/mol. The summed E-state index contributed by atoms with van der Waals surface area (Å²) in [6.45, 7) is 3.80. The van der Waals surface area contributed by atoms with Gasteiger partial charge in [-0.2, -0.15) is 9.78 Å². The van der Waals surface area contributed by atoms with Crippen molar-refractivity contribution in [3.63, 3.8) is 0 Å². The summed E-state index contributed by atoms with van der Waals surface area (Å²) in [4.78, 5) is 25.4. The van der Waals surface area contributed by atoms with E-state index in [0.29, 0.717) is 22.6 Å². The number of nitrogens with one attached hydrogen (secondary N) is 1. The highest BCUT2D eigenvalue weighted by molar-refractivity contribution is 6.04. The van der Waals surface area contributed by atoms with Crippen molar-refractivity contribution < 1.29 is 0 Å². The Bertz CT molecular complexity index is 1460. The molecule has 6 nitrogen and oxygen atoms in total. The van der Waals surface area contributed by atoms with Crippen LogP contribution in [0.4, 0.5) is 0 Å². The van der Waals surface area contributed by atoms with Crippen LogP contribution in [-0.4, -0.2) is 25.8 Å². The fraction of sp³-hybridized carbons (Fsp3) is 0.0909. The molecule has 5 rings (SSSR count). The molecule has 0 aliphatic heterocycles. The minimum absolute atomic E-state index is 0.228. The van der Waals surface area contributed by atoms with Gasteiger partial charge in [0.25, 0.3) is 5.56 Å². The molecule has 0 aliphatic rings. The maximum absolute atomic E-state index is 13.0. The number of H-pyrrole nitrogens is 1. The first-order valence-corrected chi connectivity index (χ1v) is 9.02. The summed E-state index contributed by atoms with van der Waals surface area (Å²) in [6, 6.07) is 17.7. The third kappa shape index (κ3) is 2.58. The molecule has 0 bridgehead atoms. The molecule has 0 radical (unpaired) electrons. The first kappa shape index (κ1) is 16.4. The van der Waals surface area contributed by atoms with E-state index < -0.39 is 0 Å². The molecule has 3 aromatic heterocycles. The highest BCUT2D eigenvalue weighted by atomic mass is 16.1. The smallest absolute Gasteiger partial charge is 0.298 e. The van der Waals surface area contributed by atoms with Gasteiger partial charge in [0.05, 0.1) is 17.4 Å². The Morgan fingerprint density at radius 1 is 1.04 bits per heavy atom. The molecule has 0 aliphatic carbocycles. The molecule has 0 amide bonds. The lowest BCUT2D eigenvalue weighted by atomic mass is 10.2. The molecule has 6 heteroatoms. The summed E-state index contributed by atoms with van der Waals surface area (Å²) in [5, 5.41) is 6.36. The van der Waals surface area contributed by atoms with Crippen LogP contribution in [0.3, 0.4) is 0 Å². The standard InChI is InChI=1S/C22H17N5O/c1-13-7-10-19-17(11-13)20-21(26-19)22(28)27(14(2)24-20)23-12-16-9-8-15-5-3-4-6-18(15)25-16/h3-12,26H,1-2H3/b23-12-. The van der Waals surface area contributed by atoms with Crippen LogP contribution in [0.5, 0.6) is 0 Å². The number of fused-ring (bicyclic) bond motifs is 4. The highest BCUT2D eigenvalue weighted by Gasteiger charge is 2.13. The van der Waals surface area contributed by atoms with Crippen molar-refractivity contribution in [2.45, 2.75) is 13.8 Å². The van der Waals surface area contributed by atoms with Gasteiger partial charge in [0.2, 0.25) is 0 Å². The Morgan fingerprint density at radius 3 is 2.79 bits per heavy atom. The van der Waals surface area contributed by atoms with E-state index in [1.54, 1.807) is 13.1 Å². The summed E-state index contributed by atoms with van der Waals surface area (Å²) in [5.41, 5.74) is 4.48. The molecular weight excluding hydrogens is 350 g/mol. The van der Waals surface area contributed by atoms with E-state index in [9.17, 15) is 4.79 Å². The van der Waals surface area contributed by atoms with Crippen molar-refractivity contribution in [3.05, 3.63) is 82.0 Å². The molecule has 0 atom stereocenters. The Balaban J connectivity index is 1.64. The number of hydrogen-bond acceptors (Lipinski definition) is 4. The van der Waals surface area contributed by atoms with Crippen molar-refractivity contribution in [2.24, 2.45) is 5.10 Å². The van der Waals surface area contributed by atoms with Gasteiger partial charge >= 0.3 is 0 Å². The predicted octanol–water partition coefficient (Wildman–Crippen LogP) is 3.93. The van der Waals surface area contributed by atoms with Gasteiger partial charge in [-0.05, 0) is 38.1 Å². The maximum Gasteiger partial charge on any atom is 0.298 e. The van der Waals surface area contributed by atoms with E-state index in [4.69, 9.17) is 0 Å². The zero-order valence-corrected chi connectivity index (χ0v) is 15.5. The van der Waals surface area contributed by atoms with Crippen LogP contribution in [0.15, 0.2) is 64.5 Å². The van der Waals surface area contributed by atoms with Crippen molar-refractivity contribution in [2.75, 3.05) is 0 Å². The quantitative estimate of drug-likeness (QED) is 0.480. The molecule has 136 valence electrons. The number of pyridine rings is 1. The van der Waals surface area contributed by atoms with E-state index >= 15 is 0 Å². The highest BCUT2D eigenvalue weighted by Crippen LogP contribution is 2.23. The molecule has 1 N–H and O–H groups in total. The summed E-state index contributed by atoms with van der Waals surface area (Å²) in [5.74, 6) is 0.525. The topological polar surface area (TPSA) is 75.9 Å². The molecule has 0 saturated heterocycles. The number of benzene rings is 2. The van der Waals surface area contributed by atoms with Gasteiger partial charge in [-0.15, -0.1) is 0 Å². The van der Waals surface area contributed by atoms with Crippen molar-refractivity contribution in [1.29, 1.82) is 0 Å². The van der Waals surface area contributed by atoms with E-state index in [1.165, 1.54) is 4.68 Å². The second-order valence-corrected chi connectivity index (χ2v) is 6.85. The third-order valence-corrected chi connectivity index (χ3v) is 4.84. The molecular formula is C22H17N5O. The zero-order chi connectivity index (χ0) is 19.3. The molecule has 0 saturated carbocycles. The number of para-hydroxylation sites is 1. The van der Waals surface area contributed by atoms with Crippen molar-refractivity contribution in [3.8, 4) is 0 Å². The summed E-state index contributed by atoms with van der Waals surface area (Å²) >= 11 is 0. The maximum atomic E-state index is 13.0. The lowest BCUT2D eigenvalue weighted by Crippen LogP contribution is -2.20. The predicted molar refractivity (Wildman–Crippen MR) is 112 cm³/mol. The van der Waals surface area contributed by atoms with Crippen molar-refractivity contribution >= 4 is 39.1 Å². The number of nitrogens with zero attached hydrogens (tertiary/aromatic N) is 4. The number of aromatic nitrogens is 4. The summed E-state index contributed by atoms with van der Waals surface area (Å²) in [6.07, 6.45) is 1.58. The van der Waals surface area contributed by atoms with Gasteiger partial charge in [-0.25, -0.2) is 9.97 Å². The molecule has 0 spiro atoms. The van der Waals surface area contributed by atoms with Crippen molar-refractivity contribution in [1.82, 2.24) is 19.6 Å². The average Bonchev–Trinajstić information content (AvgIpc) is 3.05. The number of rotatable bonds is 2. The van der Waals surface area contributed by atoms with Crippen LogP contribution in [0.25, 0.3) is 32.8 Å². The number of hydrogen-bond donors (Lipinski definition) is 1. The van der Waals surface area contributed by atoms with E-state index in [0.717, 1.165) is 27.4 Å². The Kier molecular flexibility index (Phi) is 3.58. The lowest BCUT2D eigenvalue weighted by molar-refractivity contribution is 0.769. The Labute approximate surface area is 160 Å². The van der Waals surface area contributed by atoms with Crippen LogP contribution in [0, 0.1) is 13.8 Å². The summed E-state index contributed by atoms with van der Waals surface area (Å²) < 4.78 is 1.31. The fourth-order valence-corrected chi connectivity index (χ4v) is 3.43. The van der Waals surface area contributed by atoms with E-state index in [-0.39, 0.29) is 5.56 Å². The fourth-order valence-electron chi connectivity index (χ4n) is 3.43. The van der Waals surface area contributed by atoms with Gasteiger partial charge in [0, 0.05) is 16.3 Å². The first-order chi connectivity index (χ1) is 13.6. The van der Waals surface area contributed by atoms with E-state index in [2.05, 4.69) is 20.1 Å². The number of aromatic amines is 1. The minimum atomic E-state index is -0.228. The summed E-state index contributed by atoms with van der Waals surface area (Å²) in [7, 11) is 0. The zero-order valence-electron chi connectivity index (χ0n) is 15.5. The monoisotopic (exact) mass is 367 g/mol. The second kappa shape index (κ2) is 6.13. The van der Waals surface area contributed by atoms with Gasteiger partial charge in [0.15, 0.2) is 0 Å². The normalized spacial score (nSPS) is 11.9. The largest absolute Gasteiger partial charge is 0.349 e. The van der Waals surface area contributed by atoms with Gasteiger partial charge in [-0.3, -0.25) is 4.79 Å². The molecule has 5 aromatic rings. The minimum Gasteiger partial charge on any atom is -0.349 e. The number of aryl methyl sites for hydroxylation is 2. The Morgan fingerprint density at radius 2 is 1.89 bits per heavy atom. The molecule has 0 fully saturated rings. The van der Waals surface area contributed by atoms with Crippen LogP contribution in [0.1, 0.15) is 17.1 Å². The van der Waals surface area contributed by atoms with Gasteiger partial charge < -0.3 is 4.98 Å². The Hall–Kier alpha value is -3.80. The second-order valence-electron chi connectivity index (χ2n) is 6.85. The van der Waals surface area contributed by atoms with Gasteiger partial charge in [0.1, 0.15) is 16.9 Å². The lowest BCUT2D eigenvalue weighted by Gasteiger charge is -2.03. The molecule has 0 unspecified atom stereocenters. The van der Waals surface area contributed by atoms with E-state index in [1.807, 2.05) is 61.5 Å². The molecule has 28 heavy (non-hydrogen) atoms. The van der Waals surface area contributed by atoms with Crippen LogP contribution < -0.4 is 5.56 Å². The van der Waals surface area contributed by atoms with Crippen LogP contribution in [-0.2, 0) is 0 Å².